The fraction of sp³-hybridized carbons (Fsp3) is 0.0233. The molecule has 0 fully saturated rings. The minimum Gasteiger partial charge on any atom is -0.383 e. The molecular formula is C43H30N4. The third kappa shape index (κ3) is 4.45. The van der Waals surface area contributed by atoms with E-state index < -0.39 is 0 Å². The van der Waals surface area contributed by atoms with Crippen LogP contribution in [0, 0.1) is 0 Å². The van der Waals surface area contributed by atoms with Gasteiger partial charge in [0.25, 0.3) is 0 Å². The number of amidine groups is 2. The number of aromatic nitrogens is 1. The molecular weight excluding hydrogens is 573 g/mol. The Balaban J connectivity index is 1.32. The maximum atomic E-state index is 6.68. The van der Waals surface area contributed by atoms with E-state index in [2.05, 4.69) is 114 Å². The second-order valence-electron chi connectivity index (χ2n) is 12.0. The molecule has 2 aromatic heterocycles. The Bertz CT molecular complexity index is 2650. The number of hydrogen-bond donors (Lipinski definition) is 1. The second-order valence-corrected chi connectivity index (χ2v) is 12.0. The van der Waals surface area contributed by atoms with Gasteiger partial charge in [0.1, 0.15) is 5.84 Å². The minimum absolute atomic E-state index is 0.433. The van der Waals surface area contributed by atoms with Gasteiger partial charge in [0.2, 0.25) is 0 Å². The number of rotatable bonds is 5. The predicted octanol–water partition coefficient (Wildman–Crippen LogP) is 10.0. The summed E-state index contributed by atoms with van der Waals surface area (Å²) in [5, 5.41) is 7.36. The Morgan fingerprint density at radius 3 is 2.02 bits per heavy atom. The summed E-state index contributed by atoms with van der Waals surface area (Å²) < 4.78 is 2.43. The van der Waals surface area contributed by atoms with Crippen LogP contribution in [0.25, 0.3) is 60.0 Å². The van der Waals surface area contributed by atoms with Crippen molar-refractivity contribution in [2.45, 2.75) is 6.54 Å². The SMILES string of the molecule is N/C(=N\C(=N/Cc1ccccc1)c1ccc2ccccc2c1-c1ccc2c3cccc4c5ccccc5n(c2c1)c43)c1ccccc1. The molecule has 2 heterocycles. The van der Waals surface area contributed by atoms with Crippen LogP contribution in [0.15, 0.2) is 168 Å². The summed E-state index contributed by atoms with van der Waals surface area (Å²) in [4.78, 5) is 10.2. The summed E-state index contributed by atoms with van der Waals surface area (Å²) >= 11 is 0. The van der Waals surface area contributed by atoms with Crippen LogP contribution in [0.2, 0.25) is 0 Å². The summed E-state index contributed by atoms with van der Waals surface area (Å²) in [6.45, 7) is 0.487. The lowest BCUT2D eigenvalue weighted by molar-refractivity contribution is 1.06. The van der Waals surface area contributed by atoms with Gasteiger partial charge in [-0.3, -0.25) is 4.99 Å². The monoisotopic (exact) mass is 602 g/mol. The summed E-state index contributed by atoms with van der Waals surface area (Å²) in [6.07, 6.45) is 0. The largest absolute Gasteiger partial charge is 0.383 e. The van der Waals surface area contributed by atoms with Gasteiger partial charge < -0.3 is 10.1 Å². The number of para-hydroxylation sites is 2. The topological polar surface area (TPSA) is 55.1 Å². The number of nitrogens with zero attached hydrogens (tertiary/aromatic N) is 3. The normalized spacial score (nSPS) is 12.7. The first-order chi connectivity index (χ1) is 23.2. The Hall–Kier alpha value is -6.26. The van der Waals surface area contributed by atoms with E-state index in [0.717, 1.165) is 38.6 Å². The van der Waals surface area contributed by atoms with E-state index in [0.29, 0.717) is 18.2 Å². The van der Waals surface area contributed by atoms with Gasteiger partial charge in [0.05, 0.1) is 23.1 Å². The van der Waals surface area contributed by atoms with E-state index in [9.17, 15) is 0 Å². The van der Waals surface area contributed by atoms with Crippen molar-refractivity contribution in [1.29, 1.82) is 0 Å². The number of aliphatic imine (C=N–C) groups is 2. The van der Waals surface area contributed by atoms with Crippen LogP contribution >= 0.6 is 0 Å². The first-order valence-corrected chi connectivity index (χ1v) is 15.9. The van der Waals surface area contributed by atoms with Gasteiger partial charge in [0, 0.05) is 38.2 Å². The lowest BCUT2D eigenvalue weighted by Gasteiger charge is -2.15. The van der Waals surface area contributed by atoms with E-state index >= 15 is 0 Å². The van der Waals surface area contributed by atoms with Crippen LogP contribution in [0.3, 0.4) is 0 Å². The Labute approximate surface area is 272 Å². The molecule has 0 unspecified atom stereocenters. The maximum absolute atomic E-state index is 6.68. The maximum Gasteiger partial charge on any atom is 0.157 e. The highest BCUT2D eigenvalue weighted by Crippen LogP contribution is 2.41. The van der Waals surface area contributed by atoms with Crippen molar-refractivity contribution in [3.05, 3.63) is 174 Å². The summed E-state index contributed by atoms with van der Waals surface area (Å²) in [5.74, 6) is 1.04. The van der Waals surface area contributed by atoms with E-state index in [4.69, 9.17) is 15.7 Å². The van der Waals surface area contributed by atoms with Gasteiger partial charge in [0.15, 0.2) is 5.84 Å². The number of benzene rings is 7. The number of fused-ring (bicyclic) bond motifs is 7. The van der Waals surface area contributed by atoms with Gasteiger partial charge in [-0.2, -0.15) is 0 Å². The van der Waals surface area contributed by atoms with Gasteiger partial charge in [-0.1, -0.05) is 140 Å². The lowest BCUT2D eigenvalue weighted by atomic mass is 9.92. The van der Waals surface area contributed by atoms with E-state index in [1.807, 2.05) is 48.5 Å². The van der Waals surface area contributed by atoms with Crippen molar-refractivity contribution in [2.75, 3.05) is 0 Å². The molecule has 0 amide bonds. The number of hydrogen-bond acceptors (Lipinski definition) is 1. The van der Waals surface area contributed by atoms with E-state index in [-0.39, 0.29) is 0 Å². The average Bonchev–Trinajstić information content (AvgIpc) is 3.66. The third-order valence-corrected chi connectivity index (χ3v) is 9.23. The Morgan fingerprint density at radius 1 is 0.553 bits per heavy atom. The molecule has 7 aromatic carbocycles. The van der Waals surface area contributed by atoms with Gasteiger partial charge >= 0.3 is 0 Å². The molecule has 0 aliphatic rings. The van der Waals surface area contributed by atoms with Crippen LogP contribution < -0.4 is 5.73 Å². The summed E-state index contributed by atoms with van der Waals surface area (Å²) in [5.41, 5.74) is 15.5. The molecule has 4 heteroatoms. The minimum atomic E-state index is 0.433. The number of nitrogens with two attached hydrogens (primary N) is 1. The zero-order chi connectivity index (χ0) is 31.3. The Morgan fingerprint density at radius 2 is 1.21 bits per heavy atom. The molecule has 0 aliphatic heterocycles. The lowest BCUT2D eigenvalue weighted by Crippen LogP contribution is -2.16. The zero-order valence-corrected chi connectivity index (χ0v) is 25.6. The van der Waals surface area contributed by atoms with Crippen molar-refractivity contribution in [3.8, 4) is 11.1 Å². The van der Waals surface area contributed by atoms with Crippen LogP contribution in [0.5, 0.6) is 0 Å². The molecule has 2 N–H and O–H groups in total. The van der Waals surface area contributed by atoms with Crippen LogP contribution in [0.1, 0.15) is 16.7 Å². The highest BCUT2D eigenvalue weighted by Gasteiger charge is 2.20. The molecule has 0 aliphatic carbocycles. The fourth-order valence-corrected chi connectivity index (χ4v) is 7.07. The van der Waals surface area contributed by atoms with Crippen LogP contribution in [0.4, 0.5) is 0 Å². The van der Waals surface area contributed by atoms with Crippen molar-refractivity contribution < 1.29 is 0 Å². The standard InChI is InChI=1S/C43H30N4/c44-42(30-15-5-2-6-16-30)46-43(45-27-28-12-3-1-4-13-28)37-25-22-29-14-7-8-17-32(29)40(37)31-23-24-34-36-20-11-19-35-33-18-9-10-21-38(33)47(41(35)36)39(34)26-31/h1-26H,27H2,(H2,44,45,46). The third-order valence-electron chi connectivity index (χ3n) is 9.23. The van der Waals surface area contributed by atoms with Crippen molar-refractivity contribution in [3.63, 3.8) is 0 Å². The molecule has 9 aromatic rings. The van der Waals surface area contributed by atoms with E-state index in [1.54, 1.807) is 0 Å². The average molecular weight is 603 g/mol. The van der Waals surface area contributed by atoms with Gasteiger partial charge in [-0.25, -0.2) is 4.99 Å². The second kappa shape index (κ2) is 11.0. The molecule has 0 spiro atoms. The summed E-state index contributed by atoms with van der Waals surface area (Å²) in [6, 6.07) is 55.2. The molecule has 222 valence electrons. The summed E-state index contributed by atoms with van der Waals surface area (Å²) in [7, 11) is 0. The molecule has 4 nitrogen and oxygen atoms in total. The highest BCUT2D eigenvalue weighted by molar-refractivity contribution is 6.24. The molecule has 0 saturated heterocycles. The van der Waals surface area contributed by atoms with Crippen molar-refractivity contribution in [2.24, 2.45) is 15.7 Å². The molecule has 0 saturated carbocycles. The smallest absolute Gasteiger partial charge is 0.157 e. The molecule has 0 radical (unpaired) electrons. The van der Waals surface area contributed by atoms with E-state index in [1.165, 1.54) is 38.1 Å². The van der Waals surface area contributed by atoms with Crippen LogP contribution in [-0.2, 0) is 6.54 Å². The Kier molecular flexibility index (Phi) is 6.32. The van der Waals surface area contributed by atoms with Crippen molar-refractivity contribution in [1.82, 2.24) is 4.40 Å². The van der Waals surface area contributed by atoms with Gasteiger partial charge in [-0.05, 0) is 40.1 Å². The molecule has 0 bridgehead atoms. The zero-order valence-electron chi connectivity index (χ0n) is 25.6. The molecule has 9 rings (SSSR count). The molecule has 47 heavy (non-hydrogen) atoms. The highest BCUT2D eigenvalue weighted by atomic mass is 15.0. The van der Waals surface area contributed by atoms with Crippen LogP contribution in [-0.4, -0.2) is 16.1 Å². The van der Waals surface area contributed by atoms with Gasteiger partial charge in [-0.15, -0.1) is 0 Å². The first-order valence-electron chi connectivity index (χ1n) is 15.9. The molecule has 0 atom stereocenters. The van der Waals surface area contributed by atoms with Crippen molar-refractivity contribution >= 4 is 60.5 Å². The quantitative estimate of drug-likeness (QED) is 0.155. The fourth-order valence-electron chi connectivity index (χ4n) is 7.07. The first kappa shape index (κ1) is 27.1. The predicted molar refractivity (Wildman–Crippen MR) is 198 cm³/mol.